The Labute approximate surface area is 173 Å². The molecule has 5 nitrogen and oxygen atoms in total. The SMILES string of the molecule is O=C(c1ccccc1)c1ccc(CNC(=O)[C@H]2CC(=O)N(c3ccccc3)C2)s1. The number of nitrogens with zero attached hydrogens (tertiary/aromatic N) is 1. The van der Waals surface area contributed by atoms with Crippen LogP contribution in [0.3, 0.4) is 0 Å². The standard InChI is InChI=1S/C23H20N2O3S/c26-21-13-17(15-25(21)18-9-5-2-6-10-18)23(28)24-14-19-11-12-20(29-19)22(27)16-7-3-1-4-8-16/h1-12,17H,13-15H2,(H,24,28)/t17-/m0/s1. The molecule has 0 bridgehead atoms. The van der Waals surface area contributed by atoms with Crippen LogP contribution in [0.5, 0.6) is 0 Å². The molecular weight excluding hydrogens is 384 g/mol. The average Bonchev–Trinajstić information content (AvgIpc) is 3.39. The molecular formula is C23H20N2O3S. The average molecular weight is 404 g/mol. The molecule has 4 rings (SSSR count). The van der Waals surface area contributed by atoms with Crippen LogP contribution in [0, 0.1) is 5.92 Å². The van der Waals surface area contributed by atoms with Gasteiger partial charge in [0.1, 0.15) is 0 Å². The van der Waals surface area contributed by atoms with Gasteiger partial charge in [-0.1, -0.05) is 48.5 Å². The van der Waals surface area contributed by atoms with Crippen LogP contribution in [0.25, 0.3) is 0 Å². The Balaban J connectivity index is 1.34. The number of benzene rings is 2. The number of amides is 2. The van der Waals surface area contributed by atoms with E-state index in [1.54, 1.807) is 23.1 Å². The number of carbonyl (C=O) groups is 3. The summed E-state index contributed by atoms with van der Waals surface area (Å²) in [6.07, 6.45) is 0.211. The highest BCUT2D eigenvalue weighted by atomic mass is 32.1. The molecule has 1 saturated heterocycles. The van der Waals surface area contributed by atoms with Crippen molar-refractivity contribution in [2.45, 2.75) is 13.0 Å². The number of carbonyl (C=O) groups excluding carboxylic acids is 3. The summed E-state index contributed by atoms with van der Waals surface area (Å²) < 4.78 is 0. The first kappa shape index (κ1) is 19.1. The number of hydrogen-bond donors (Lipinski definition) is 1. The molecule has 1 aliphatic heterocycles. The van der Waals surface area contributed by atoms with Crippen LogP contribution in [0.15, 0.2) is 72.8 Å². The Morgan fingerprint density at radius 3 is 2.38 bits per heavy atom. The predicted molar refractivity (Wildman–Crippen MR) is 113 cm³/mol. The molecule has 1 atom stereocenters. The van der Waals surface area contributed by atoms with E-state index in [9.17, 15) is 14.4 Å². The van der Waals surface area contributed by atoms with Crippen LogP contribution >= 0.6 is 11.3 Å². The predicted octanol–water partition coefficient (Wildman–Crippen LogP) is 3.65. The summed E-state index contributed by atoms with van der Waals surface area (Å²) in [5.74, 6) is -0.564. The van der Waals surface area contributed by atoms with Gasteiger partial charge >= 0.3 is 0 Å². The first-order chi connectivity index (χ1) is 14.1. The zero-order valence-corrected chi connectivity index (χ0v) is 16.5. The van der Waals surface area contributed by atoms with Crippen LogP contribution < -0.4 is 10.2 Å². The van der Waals surface area contributed by atoms with E-state index in [2.05, 4.69) is 5.32 Å². The molecule has 2 aromatic carbocycles. The van der Waals surface area contributed by atoms with Crippen molar-refractivity contribution in [1.82, 2.24) is 5.32 Å². The summed E-state index contributed by atoms with van der Waals surface area (Å²) in [5, 5.41) is 2.91. The molecule has 6 heteroatoms. The van der Waals surface area contributed by atoms with E-state index in [1.807, 2.05) is 54.6 Å². The molecule has 0 radical (unpaired) electrons. The molecule has 1 fully saturated rings. The second kappa shape index (κ2) is 8.41. The number of thiophene rings is 1. The Kier molecular flexibility index (Phi) is 5.53. The third-order valence-corrected chi connectivity index (χ3v) is 6.01. The molecule has 3 aromatic rings. The highest BCUT2D eigenvalue weighted by Gasteiger charge is 2.34. The number of anilines is 1. The lowest BCUT2D eigenvalue weighted by Gasteiger charge is -2.16. The van der Waals surface area contributed by atoms with Gasteiger partial charge < -0.3 is 10.2 Å². The van der Waals surface area contributed by atoms with Crippen molar-refractivity contribution in [3.05, 3.63) is 88.1 Å². The van der Waals surface area contributed by atoms with Crippen LogP contribution in [0.1, 0.15) is 26.5 Å². The number of hydrogen-bond acceptors (Lipinski definition) is 4. The number of rotatable bonds is 6. The monoisotopic (exact) mass is 404 g/mol. The minimum atomic E-state index is -0.368. The van der Waals surface area contributed by atoms with Gasteiger partial charge in [-0.2, -0.15) is 0 Å². The molecule has 0 aliphatic carbocycles. The minimum absolute atomic E-state index is 0.0203. The van der Waals surface area contributed by atoms with E-state index in [1.165, 1.54) is 11.3 Å². The van der Waals surface area contributed by atoms with Crippen molar-refractivity contribution in [2.75, 3.05) is 11.4 Å². The van der Waals surface area contributed by atoms with Crippen molar-refractivity contribution >= 4 is 34.6 Å². The fraction of sp³-hybridized carbons (Fsp3) is 0.174. The van der Waals surface area contributed by atoms with E-state index in [4.69, 9.17) is 0 Å². The Hall–Kier alpha value is -3.25. The van der Waals surface area contributed by atoms with Gasteiger partial charge in [-0.25, -0.2) is 0 Å². The summed E-state index contributed by atoms with van der Waals surface area (Å²) >= 11 is 1.38. The fourth-order valence-corrected chi connectivity index (χ4v) is 4.30. The summed E-state index contributed by atoms with van der Waals surface area (Å²) in [7, 11) is 0. The van der Waals surface area contributed by atoms with Crippen molar-refractivity contribution in [1.29, 1.82) is 0 Å². The van der Waals surface area contributed by atoms with E-state index >= 15 is 0 Å². The molecule has 146 valence electrons. The number of ketones is 1. The lowest BCUT2D eigenvalue weighted by atomic mass is 10.1. The van der Waals surface area contributed by atoms with E-state index in [0.717, 1.165) is 10.6 Å². The second-order valence-corrected chi connectivity index (χ2v) is 8.09. The van der Waals surface area contributed by atoms with Crippen LogP contribution in [-0.2, 0) is 16.1 Å². The first-order valence-electron chi connectivity index (χ1n) is 9.43. The van der Waals surface area contributed by atoms with Crippen molar-refractivity contribution in [2.24, 2.45) is 5.92 Å². The van der Waals surface area contributed by atoms with Crippen molar-refractivity contribution in [3.8, 4) is 0 Å². The van der Waals surface area contributed by atoms with E-state index < -0.39 is 0 Å². The molecule has 2 amide bonds. The smallest absolute Gasteiger partial charge is 0.227 e. The zero-order valence-electron chi connectivity index (χ0n) is 15.7. The maximum atomic E-state index is 12.6. The van der Waals surface area contributed by atoms with E-state index in [-0.39, 0.29) is 29.9 Å². The number of para-hydroxylation sites is 1. The molecule has 29 heavy (non-hydrogen) atoms. The quantitative estimate of drug-likeness (QED) is 0.638. The second-order valence-electron chi connectivity index (χ2n) is 6.92. The largest absolute Gasteiger partial charge is 0.351 e. The first-order valence-corrected chi connectivity index (χ1v) is 10.2. The summed E-state index contributed by atoms with van der Waals surface area (Å²) in [4.78, 5) is 40.5. The van der Waals surface area contributed by atoms with Gasteiger partial charge in [0.25, 0.3) is 0 Å². The fourth-order valence-electron chi connectivity index (χ4n) is 3.39. The number of nitrogens with one attached hydrogen (secondary N) is 1. The van der Waals surface area contributed by atoms with Crippen LogP contribution in [0.2, 0.25) is 0 Å². The van der Waals surface area contributed by atoms with Gasteiger partial charge in [-0.3, -0.25) is 14.4 Å². The molecule has 2 heterocycles. The third kappa shape index (κ3) is 4.27. The zero-order chi connectivity index (χ0) is 20.2. The Morgan fingerprint density at radius 2 is 1.66 bits per heavy atom. The highest BCUT2D eigenvalue weighted by Crippen LogP contribution is 2.25. The molecule has 0 unspecified atom stereocenters. The maximum absolute atomic E-state index is 12.6. The maximum Gasteiger partial charge on any atom is 0.227 e. The molecule has 0 spiro atoms. The summed E-state index contributed by atoms with van der Waals surface area (Å²) in [6, 6.07) is 22.2. The topological polar surface area (TPSA) is 66.5 Å². The highest BCUT2D eigenvalue weighted by molar-refractivity contribution is 7.14. The minimum Gasteiger partial charge on any atom is -0.351 e. The van der Waals surface area contributed by atoms with Gasteiger partial charge in [0.15, 0.2) is 0 Å². The van der Waals surface area contributed by atoms with Crippen molar-refractivity contribution < 1.29 is 14.4 Å². The van der Waals surface area contributed by atoms with Gasteiger partial charge in [0.2, 0.25) is 17.6 Å². The van der Waals surface area contributed by atoms with E-state index in [0.29, 0.717) is 23.5 Å². The summed E-state index contributed by atoms with van der Waals surface area (Å²) in [5.41, 5.74) is 1.46. The Morgan fingerprint density at radius 1 is 0.966 bits per heavy atom. The van der Waals surface area contributed by atoms with Crippen LogP contribution in [0.4, 0.5) is 5.69 Å². The lowest BCUT2D eigenvalue weighted by molar-refractivity contribution is -0.126. The van der Waals surface area contributed by atoms with Gasteiger partial charge in [-0.05, 0) is 24.3 Å². The lowest BCUT2D eigenvalue weighted by Crippen LogP contribution is -2.32. The van der Waals surface area contributed by atoms with Gasteiger partial charge in [-0.15, -0.1) is 11.3 Å². The molecule has 1 N–H and O–H groups in total. The molecule has 1 aromatic heterocycles. The van der Waals surface area contributed by atoms with Gasteiger partial charge in [0.05, 0.1) is 17.3 Å². The molecule has 0 saturated carbocycles. The summed E-state index contributed by atoms with van der Waals surface area (Å²) in [6.45, 7) is 0.735. The third-order valence-electron chi connectivity index (χ3n) is 4.92. The van der Waals surface area contributed by atoms with Gasteiger partial charge in [0, 0.05) is 29.1 Å². The normalized spacial score (nSPS) is 16.1. The Bertz CT molecular complexity index is 1030. The van der Waals surface area contributed by atoms with Crippen molar-refractivity contribution in [3.63, 3.8) is 0 Å². The van der Waals surface area contributed by atoms with Crippen LogP contribution in [-0.4, -0.2) is 24.1 Å². The molecule has 1 aliphatic rings.